The van der Waals surface area contributed by atoms with Crippen molar-refractivity contribution in [2.24, 2.45) is 0 Å². The van der Waals surface area contributed by atoms with Crippen molar-refractivity contribution < 1.29 is 61.5 Å². The zero-order valence-corrected chi connectivity index (χ0v) is 14.5. The Labute approximate surface area is 76.2 Å². The molecule has 0 aromatic rings. The van der Waals surface area contributed by atoms with Gasteiger partial charge < -0.3 is 15.3 Å². The summed E-state index contributed by atoms with van der Waals surface area (Å²) in [5.74, 6) is 0. The first-order valence-corrected chi connectivity index (χ1v) is 3.08. The van der Waals surface area contributed by atoms with Crippen LogP contribution >= 0.6 is 0 Å². The topological polar surface area (TPSA) is 83.3 Å². The molecule has 0 spiro atoms. The fraction of sp³-hybridized carbons (Fsp3) is 0. The quantitative estimate of drug-likeness (QED) is 0.270. The molecule has 0 unspecified atom stereocenters. The van der Waals surface area contributed by atoms with Crippen LogP contribution in [-0.2, 0) is 56.4 Å². The second-order valence-corrected chi connectivity index (χ2v) is 0.224. The van der Waals surface area contributed by atoms with Gasteiger partial charge in [0.2, 0.25) is 0 Å². The molecule has 1 radical (unpaired) electrons. The van der Waals surface area contributed by atoms with Gasteiger partial charge in [-0.15, -0.1) is 0 Å². The molecular formula is Hg2NO4. The molecule has 7 heavy (non-hydrogen) atoms. The number of hydrogen-bond donors (Lipinski definition) is 0. The van der Waals surface area contributed by atoms with Crippen LogP contribution in [0.1, 0.15) is 0 Å². The van der Waals surface area contributed by atoms with Crippen molar-refractivity contribution in [3.05, 3.63) is 15.3 Å². The standard InChI is InChI=1S/2Hg.NO3.O/c;;2-1(3)4;/q;+1;-1;. The van der Waals surface area contributed by atoms with E-state index in [0.717, 1.165) is 0 Å². The van der Waals surface area contributed by atoms with Gasteiger partial charge in [0.15, 0.2) is 0 Å². The van der Waals surface area contributed by atoms with Gasteiger partial charge in [-0.25, -0.2) is 0 Å². The van der Waals surface area contributed by atoms with Gasteiger partial charge in [0.25, 0.3) is 0 Å². The molecule has 7 heteroatoms. The van der Waals surface area contributed by atoms with Crippen molar-refractivity contribution in [2.45, 2.75) is 0 Å². The Balaban J connectivity index is -0.0000000480. The Kier molecular flexibility index (Phi) is 35.4. The Morgan fingerprint density at radius 3 is 1.29 bits per heavy atom. The summed E-state index contributed by atoms with van der Waals surface area (Å²) in [6, 6.07) is 0. The van der Waals surface area contributed by atoms with E-state index in [9.17, 15) is 0 Å². The molecule has 0 fully saturated rings. The van der Waals surface area contributed by atoms with Gasteiger partial charge in [-0.05, 0) is 0 Å². The molecule has 0 N–H and O–H groups in total. The van der Waals surface area contributed by atoms with E-state index in [1.54, 1.807) is 0 Å². The summed E-state index contributed by atoms with van der Waals surface area (Å²) in [5, 5.41) is 14.8. The third kappa shape index (κ3) is 215. The fourth-order valence-electron chi connectivity index (χ4n) is 0. The van der Waals surface area contributed by atoms with E-state index in [4.69, 9.17) is 18.0 Å². The molecule has 0 aliphatic carbocycles. The van der Waals surface area contributed by atoms with Crippen LogP contribution in [0.25, 0.3) is 0 Å². The summed E-state index contributed by atoms with van der Waals surface area (Å²) >= 11 is -0.222. The summed E-state index contributed by atoms with van der Waals surface area (Å²) in [7, 11) is 0. The molecule has 0 saturated heterocycles. The van der Waals surface area contributed by atoms with Crippen LogP contribution in [0, 0.1) is 15.3 Å². The van der Waals surface area contributed by atoms with Crippen molar-refractivity contribution in [3.63, 3.8) is 0 Å². The van der Waals surface area contributed by atoms with Gasteiger partial charge in [0, 0.05) is 0 Å². The second-order valence-electron chi connectivity index (χ2n) is 0.224. The first kappa shape index (κ1) is 15.7. The van der Waals surface area contributed by atoms with E-state index in [2.05, 4.69) is 0 Å². The number of hydrogen-bond acceptors (Lipinski definition) is 4. The molecule has 0 saturated carbocycles. The number of rotatable bonds is 0. The van der Waals surface area contributed by atoms with Crippen molar-refractivity contribution in [3.8, 4) is 0 Å². The SMILES string of the molecule is O=[N+]([O-])[O-].[Hg+].[O]=[Hg]. The van der Waals surface area contributed by atoms with E-state index >= 15 is 0 Å². The van der Waals surface area contributed by atoms with Crippen LogP contribution in [0.3, 0.4) is 0 Å². The average Bonchev–Trinajstić information content (AvgIpc) is 1.41. The molecule has 0 heterocycles. The van der Waals surface area contributed by atoms with Crippen LogP contribution in [0.2, 0.25) is 0 Å². The average molecular weight is 479 g/mol. The Bertz CT molecular complexity index is 41.0. The van der Waals surface area contributed by atoms with Crippen LogP contribution in [0.5, 0.6) is 0 Å². The molecule has 33 valence electrons. The van der Waals surface area contributed by atoms with E-state index in [1.165, 1.54) is 0 Å². The van der Waals surface area contributed by atoms with E-state index in [0.29, 0.717) is 0 Å². The van der Waals surface area contributed by atoms with Crippen LogP contribution in [0.4, 0.5) is 0 Å². The Morgan fingerprint density at radius 2 is 1.29 bits per heavy atom. The molecule has 0 aliphatic rings. The van der Waals surface area contributed by atoms with E-state index < -0.39 is 5.09 Å². The summed E-state index contributed by atoms with van der Waals surface area (Å²) in [6.07, 6.45) is 0. The molecule has 0 amide bonds. The maximum atomic E-state index is 8.44. The maximum absolute atomic E-state index is 8.44. The summed E-state index contributed by atoms with van der Waals surface area (Å²) < 4.78 is 8.44. The minimum absolute atomic E-state index is 0. The first-order chi connectivity index (χ1) is 2.73. The molecule has 0 aromatic heterocycles. The van der Waals surface area contributed by atoms with Crippen molar-refractivity contribution >= 4 is 0 Å². The number of nitrogens with zero attached hydrogens (tertiary/aromatic N) is 1. The van der Waals surface area contributed by atoms with E-state index in [1.807, 2.05) is 0 Å². The first-order valence-electron chi connectivity index (χ1n) is 0.836. The third-order valence-electron chi connectivity index (χ3n) is 0. The predicted molar refractivity (Wildman–Crippen MR) is 11.0 cm³/mol. The minimum atomic E-state index is -1.75. The molecule has 0 atom stereocenters. The molecule has 5 nitrogen and oxygen atoms in total. The zero-order valence-electron chi connectivity index (χ0n) is 3.49. The van der Waals surface area contributed by atoms with E-state index in [-0.39, 0.29) is 53.8 Å². The fourth-order valence-corrected chi connectivity index (χ4v) is 0. The van der Waals surface area contributed by atoms with Crippen LogP contribution in [0.15, 0.2) is 0 Å². The van der Waals surface area contributed by atoms with Crippen LogP contribution in [-0.4, -0.2) is 5.09 Å². The van der Waals surface area contributed by atoms with Gasteiger partial charge in [0.05, 0.1) is 5.09 Å². The summed E-state index contributed by atoms with van der Waals surface area (Å²) in [4.78, 5) is 8.25. The normalized spacial score (nSPS) is 4.29. The molecule has 0 rings (SSSR count). The van der Waals surface area contributed by atoms with Crippen molar-refractivity contribution in [1.29, 1.82) is 0 Å². The second kappa shape index (κ2) is 15.8. The summed E-state index contributed by atoms with van der Waals surface area (Å²) in [6.45, 7) is 0. The molecule has 0 bridgehead atoms. The predicted octanol–water partition coefficient (Wildman–Crippen LogP) is -0.363. The van der Waals surface area contributed by atoms with Gasteiger partial charge in [-0.1, -0.05) is 0 Å². The molecule has 0 aliphatic heterocycles. The Morgan fingerprint density at radius 1 is 1.29 bits per heavy atom. The van der Waals surface area contributed by atoms with Gasteiger partial charge >= 0.3 is 56.4 Å². The Hall–Kier alpha value is 0.870. The van der Waals surface area contributed by atoms with Gasteiger partial charge in [-0.3, -0.25) is 0 Å². The molecule has 0 aromatic carbocycles. The monoisotopic (exact) mass is 482 g/mol. The third-order valence-corrected chi connectivity index (χ3v) is 0. The van der Waals surface area contributed by atoms with Crippen molar-refractivity contribution in [2.75, 3.05) is 0 Å². The molecular weight excluding hydrogens is 479 g/mol. The van der Waals surface area contributed by atoms with Gasteiger partial charge in [-0.2, -0.15) is 0 Å². The zero-order chi connectivity index (χ0) is 5.58. The van der Waals surface area contributed by atoms with Crippen molar-refractivity contribution in [1.82, 2.24) is 0 Å². The summed E-state index contributed by atoms with van der Waals surface area (Å²) in [5.41, 5.74) is 0. The van der Waals surface area contributed by atoms with Crippen LogP contribution < -0.4 is 0 Å². The van der Waals surface area contributed by atoms with Gasteiger partial charge in [0.1, 0.15) is 0 Å².